The summed E-state index contributed by atoms with van der Waals surface area (Å²) in [5, 5.41) is 6.19. The maximum absolute atomic E-state index is 11.7. The lowest BCUT2D eigenvalue weighted by Crippen LogP contribution is -1.96. The topological polar surface area (TPSA) is 80.6 Å². The molecule has 4 rings (SSSR count). The molecule has 0 atom stereocenters. The van der Waals surface area contributed by atoms with Crippen molar-refractivity contribution in [3.05, 3.63) is 42.7 Å². The van der Waals surface area contributed by atoms with E-state index >= 15 is 0 Å². The summed E-state index contributed by atoms with van der Waals surface area (Å²) < 4.78 is 25.3. The Labute approximate surface area is 132 Å². The molecule has 1 aromatic carbocycles. The third kappa shape index (κ3) is 2.20. The molecule has 0 fully saturated rings. The van der Waals surface area contributed by atoms with Crippen LogP contribution in [0.25, 0.3) is 33.2 Å². The molecule has 23 heavy (non-hydrogen) atoms. The monoisotopic (exact) mass is 326 g/mol. The number of nitrogens with zero attached hydrogens (tertiary/aromatic N) is 3. The Morgan fingerprint density at radius 3 is 2.78 bits per heavy atom. The lowest BCUT2D eigenvalue weighted by atomic mass is 10.1. The number of sulfone groups is 1. The van der Waals surface area contributed by atoms with Crippen LogP contribution in [-0.2, 0) is 16.9 Å². The number of pyridine rings is 1. The number of H-pyrrole nitrogens is 1. The van der Waals surface area contributed by atoms with Gasteiger partial charge in [0.2, 0.25) is 0 Å². The van der Waals surface area contributed by atoms with Crippen LogP contribution >= 0.6 is 0 Å². The van der Waals surface area contributed by atoms with Gasteiger partial charge in [0.05, 0.1) is 16.6 Å². The van der Waals surface area contributed by atoms with Crippen molar-refractivity contribution in [1.82, 2.24) is 19.7 Å². The van der Waals surface area contributed by atoms with Crippen LogP contribution in [0.4, 0.5) is 0 Å². The van der Waals surface area contributed by atoms with E-state index < -0.39 is 9.84 Å². The molecule has 7 heteroatoms. The van der Waals surface area contributed by atoms with Crippen LogP contribution < -0.4 is 0 Å². The molecule has 0 amide bonds. The van der Waals surface area contributed by atoms with Crippen molar-refractivity contribution in [2.75, 3.05) is 6.26 Å². The smallest absolute Gasteiger partial charge is 0.175 e. The van der Waals surface area contributed by atoms with E-state index in [1.807, 2.05) is 23.9 Å². The van der Waals surface area contributed by atoms with Crippen molar-refractivity contribution in [3.63, 3.8) is 0 Å². The number of hydrogen-bond acceptors (Lipinski definition) is 4. The second-order valence-corrected chi connectivity index (χ2v) is 7.59. The normalized spacial score (nSPS) is 12.3. The summed E-state index contributed by atoms with van der Waals surface area (Å²) in [5.74, 6) is 0. The largest absolute Gasteiger partial charge is 0.339 e. The standard InChI is InChI=1S/C16H14N4O2S/c1-20-15-11(9-18-20)8-17-16-13(15)7-14(19-16)10-4-3-5-12(6-10)23(2,21)22/h3-9H,1-2H3,(H,17,19). The quantitative estimate of drug-likeness (QED) is 0.614. The van der Waals surface area contributed by atoms with Crippen molar-refractivity contribution in [1.29, 1.82) is 0 Å². The summed E-state index contributed by atoms with van der Waals surface area (Å²) >= 11 is 0. The van der Waals surface area contributed by atoms with E-state index in [9.17, 15) is 8.42 Å². The highest BCUT2D eigenvalue weighted by Gasteiger charge is 2.13. The third-order valence-electron chi connectivity index (χ3n) is 3.92. The zero-order chi connectivity index (χ0) is 16.2. The van der Waals surface area contributed by atoms with E-state index in [-0.39, 0.29) is 0 Å². The Bertz CT molecular complexity index is 1160. The van der Waals surface area contributed by atoms with Crippen LogP contribution in [0.3, 0.4) is 0 Å². The number of fused-ring (bicyclic) bond motifs is 3. The average molecular weight is 326 g/mol. The second kappa shape index (κ2) is 4.66. The Balaban J connectivity index is 1.96. The highest BCUT2D eigenvalue weighted by molar-refractivity contribution is 7.90. The molecule has 0 aliphatic carbocycles. The molecule has 6 nitrogen and oxygen atoms in total. The van der Waals surface area contributed by atoms with Gasteiger partial charge in [-0.05, 0) is 23.8 Å². The molecule has 0 saturated carbocycles. The van der Waals surface area contributed by atoms with Crippen LogP contribution in [0.1, 0.15) is 0 Å². The molecule has 0 aliphatic heterocycles. The van der Waals surface area contributed by atoms with Gasteiger partial charge >= 0.3 is 0 Å². The minimum absolute atomic E-state index is 0.298. The van der Waals surface area contributed by atoms with Gasteiger partial charge < -0.3 is 4.98 Å². The highest BCUT2D eigenvalue weighted by Crippen LogP contribution is 2.29. The van der Waals surface area contributed by atoms with Gasteiger partial charge in [0.15, 0.2) is 9.84 Å². The van der Waals surface area contributed by atoms with Crippen molar-refractivity contribution < 1.29 is 8.42 Å². The van der Waals surface area contributed by atoms with Gasteiger partial charge in [0, 0.05) is 36.0 Å². The predicted molar refractivity (Wildman–Crippen MR) is 88.9 cm³/mol. The lowest BCUT2D eigenvalue weighted by molar-refractivity contribution is 0.602. The van der Waals surface area contributed by atoms with Gasteiger partial charge in [-0.15, -0.1) is 0 Å². The zero-order valence-electron chi connectivity index (χ0n) is 12.6. The summed E-state index contributed by atoms with van der Waals surface area (Å²) in [4.78, 5) is 7.96. The minimum Gasteiger partial charge on any atom is -0.339 e. The van der Waals surface area contributed by atoms with Crippen LogP contribution in [0.5, 0.6) is 0 Å². The summed E-state index contributed by atoms with van der Waals surface area (Å²) in [6.45, 7) is 0. The fourth-order valence-electron chi connectivity index (χ4n) is 2.79. The molecule has 3 heterocycles. The summed E-state index contributed by atoms with van der Waals surface area (Å²) in [6, 6.07) is 8.86. The summed E-state index contributed by atoms with van der Waals surface area (Å²) in [7, 11) is -1.35. The molecule has 1 N–H and O–H groups in total. The van der Waals surface area contributed by atoms with Crippen LogP contribution in [0, 0.1) is 0 Å². The number of benzene rings is 1. The first-order valence-electron chi connectivity index (χ1n) is 7.03. The maximum atomic E-state index is 11.7. The van der Waals surface area contributed by atoms with E-state index in [0.29, 0.717) is 4.90 Å². The van der Waals surface area contributed by atoms with Crippen molar-refractivity contribution in [2.24, 2.45) is 7.05 Å². The molecular weight excluding hydrogens is 312 g/mol. The third-order valence-corrected chi connectivity index (χ3v) is 5.04. The highest BCUT2D eigenvalue weighted by atomic mass is 32.2. The molecule has 3 aromatic heterocycles. The molecule has 0 aliphatic rings. The molecule has 4 aromatic rings. The van der Waals surface area contributed by atoms with Crippen LogP contribution in [0.2, 0.25) is 0 Å². The van der Waals surface area contributed by atoms with E-state index in [4.69, 9.17) is 0 Å². The molecule has 0 unspecified atom stereocenters. The number of aryl methyl sites for hydroxylation is 1. The number of aromatic amines is 1. The van der Waals surface area contributed by atoms with E-state index in [1.165, 1.54) is 6.26 Å². The molecule has 0 saturated heterocycles. The number of aromatic nitrogens is 4. The molecule has 116 valence electrons. The van der Waals surface area contributed by atoms with Gasteiger partial charge in [-0.25, -0.2) is 13.4 Å². The van der Waals surface area contributed by atoms with Gasteiger partial charge in [-0.3, -0.25) is 4.68 Å². The van der Waals surface area contributed by atoms with Gasteiger partial charge in [-0.2, -0.15) is 5.10 Å². The minimum atomic E-state index is -3.24. The maximum Gasteiger partial charge on any atom is 0.175 e. The van der Waals surface area contributed by atoms with Gasteiger partial charge in [0.1, 0.15) is 5.65 Å². The Kier molecular flexibility index (Phi) is 2.83. The molecular formula is C16H14N4O2S. The molecule has 0 bridgehead atoms. The van der Waals surface area contributed by atoms with Crippen LogP contribution in [-0.4, -0.2) is 34.4 Å². The first-order valence-corrected chi connectivity index (χ1v) is 8.92. The van der Waals surface area contributed by atoms with Crippen LogP contribution in [0.15, 0.2) is 47.6 Å². The van der Waals surface area contributed by atoms with Gasteiger partial charge in [0.25, 0.3) is 0 Å². The fourth-order valence-corrected chi connectivity index (χ4v) is 3.46. The predicted octanol–water partition coefficient (Wildman–Crippen LogP) is 2.52. The first-order chi connectivity index (χ1) is 10.9. The summed E-state index contributed by atoms with van der Waals surface area (Å²) in [6.07, 6.45) is 4.76. The fraction of sp³-hybridized carbons (Fsp3) is 0.125. The second-order valence-electron chi connectivity index (χ2n) is 5.58. The SMILES string of the molecule is Cn1ncc2cnc3[nH]c(-c4cccc(S(C)(=O)=O)c4)cc3c21. The van der Waals surface area contributed by atoms with E-state index in [1.54, 1.807) is 30.6 Å². The van der Waals surface area contributed by atoms with Crippen molar-refractivity contribution >= 4 is 31.8 Å². The van der Waals surface area contributed by atoms with Crippen molar-refractivity contribution in [3.8, 4) is 11.3 Å². The van der Waals surface area contributed by atoms with E-state index in [2.05, 4.69) is 15.1 Å². The molecule has 0 spiro atoms. The Hall–Kier alpha value is -2.67. The Morgan fingerprint density at radius 2 is 2.00 bits per heavy atom. The first kappa shape index (κ1) is 14.0. The van der Waals surface area contributed by atoms with Gasteiger partial charge in [-0.1, -0.05) is 12.1 Å². The zero-order valence-corrected chi connectivity index (χ0v) is 13.4. The number of hydrogen-bond donors (Lipinski definition) is 1. The average Bonchev–Trinajstić information content (AvgIpc) is 3.10. The van der Waals surface area contributed by atoms with Crippen molar-refractivity contribution in [2.45, 2.75) is 4.90 Å². The summed E-state index contributed by atoms with van der Waals surface area (Å²) in [5.41, 5.74) is 3.38. The number of rotatable bonds is 2. The Morgan fingerprint density at radius 1 is 1.17 bits per heavy atom. The lowest BCUT2D eigenvalue weighted by Gasteiger charge is -2.01. The van der Waals surface area contributed by atoms with E-state index in [0.717, 1.165) is 33.2 Å². The molecule has 0 radical (unpaired) electrons. The number of nitrogens with one attached hydrogen (secondary N) is 1.